The van der Waals surface area contributed by atoms with Crippen LogP contribution in [0.25, 0.3) is 0 Å². The largest absolute Gasteiger partial charge is 0.375 e. The van der Waals surface area contributed by atoms with Crippen LogP contribution in [0.4, 0.5) is 4.39 Å². The summed E-state index contributed by atoms with van der Waals surface area (Å²) < 4.78 is 44.8. The Hall–Kier alpha value is -0.690. The minimum absolute atomic E-state index is 0.0727. The van der Waals surface area contributed by atoms with E-state index in [1.54, 1.807) is 13.8 Å². The third kappa shape index (κ3) is 2.91. The molecular formula is C12H15ClFNO3S. The second-order valence-electron chi connectivity index (χ2n) is 4.64. The molecule has 1 fully saturated rings. The van der Waals surface area contributed by atoms with Crippen LogP contribution < -0.4 is 0 Å². The van der Waals surface area contributed by atoms with Gasteiger partial charge < -0.3 is 4.74 Å². The lowest BCUT2D eigenvalue weighted by Gasteiger charge is -2.35. The molecule has 1 heterocycles. The molecule has 7 heteroatoms. The van der Waals surface area contributed by atoms with Crippen LogP contribution in [0.3, 0.4) is 0 Å². The van der Waals surface area contributed by atoms with Gasteiger partial charge in [-0.3, -0.25) is 0 Å². The Morgan fingerprint density at radius 1 is 1.42 bits per heavy atom. The second kappa shape index (κ2) is 5.36. The van der Waals surface area contributed by atoms with Crippen molar-refractivity contribution in [3.63, 3.8) is 0 Å². The average molecular weight is 308 g/mol. The maximum atomic E-state index is 13.0. The maximum absolute atomic E-state index is 13.0. The zero-order valence-corrected chi connectivity index (χ0v) is 12.2. The standard InChI is InChI=1S/C12H15ClFNO3S/c1-8-7-18-9(2)6-15(8)19(16,17)12-4-3-10(14)5-11(12)13/h3-5,8-9H,6-7H2,1-2H3. The Balaban J connectivity index is 2.41. The molecule has 1 aromatic carbocycles. The molecule has 0 radical (unpaired) electrons. The predicted octanol–water partition coefficient (Wildman–Crippen LogP) is 2.28. The topological polar surface area (TPSA) is 46.6 Å². The van der Waals surface area contributed by atoms with Gasteiger partial charge in [0.15, 0.2) is 0 Å². The van der Waals surface area contributed by atoms with Crippen molar-refractivity contribution >= 4 is 21.6 Å². The second-order valence-corrected chi connectivity index (χ2v) is 6.91. The molecule has 2 unspecified atom stereocenters. The van der Waals surface area contributed by atoms with E-state index in [-0.39, 0.29) is 28.6 Å². The third-order valence-electron chi connectivity index (χ3n) is 3.03. The molecule has 4 nitrogen and oxygen atoms in total. The van der Waals surface area contributed by atoms with Crippen molar-refractivity contribution in [3.05, 3.63) is 29.0 Å². The Labute approximate surface area is 117 Å². The summed E-state index contributed by atoms with van der Waals surface area (Å²) in [5, 5.41) is -0.105. The first-order valence-corrected chi connectivity index (χ1v) is 7.72. The highest BCUT2D eigenvalue weighted by molar-refractivity contribution is 7.89. The number of hydrogen-bond donors (Lipinski definition) is 0. The van der Waals surface area contributed by atoms with Crippen LogP contribution in [0.1, 0.15) is 13.8 Å². The summed E-state index contributed by atoms with van der Waals surface area (Å²) in [5.74, 6) is -0.563. The third-order valence-corrected chi connectivity index (χ3v) is 5.49. The minimum atomic E-state index is -3.74. The Bertz CT molecular complexity index is 578. The number of morpholine rings is 1. The number of nitrogens with zero attached hydrogens (tertiary/aromatic N) is 1. The lowest BCUT2D eigenvalue weighted by molar-refractivity contribution is -0.0170. The van der Waals surface area contributed by atoms with Gasteiger partial charge in [0.2, 0.25) is 10.0 Å². The molecule has 0 bridgehead atoms. The first-order valence-electron chi connectivity index (χ1n) is 5.91. The summed E-state index contributed by atoms with van der Waals surface area (Å²) in [6.45, 7) is 4.16. The smallest absolute Gasteiger partial charge is 0.244 e. The fraction of sp³-hybridized carbons (Fsp3) is 0.500. The van der Waals surface area contributed by atoms with E-state index >= 15 is 0 Å². The molecule has 0 aliphatic carbocycles. The molecule has 1 aliphatic rings. The number of ether oxygens (including phenoxy) is 1. The first-order chi connectivity index (χ1) is 8.82. The average Bonchev–Trinajstić information content (AvgIpc) is 2.31. The Kier molecular flexibility index (Phi) is 4.15. The summed E-state index contributed by atoms with van der Waals surface area (Å²) in [6.07, 6.45) is -0.176. The molecule has 0 aromatic heterocycles. The van der Waals surface area contributed by atoms with Crippen LogP contribution in [-0.4, -0.2) is 38.0 Å². The number of benzene rings is 1. The fourth-order valence-electron chi connectivity index (χ4n) is 2.02. The molecule has 1 aliphatic heterocycles. The predicted molar refractivity (Wildman–Crippen MR) is 70.2 cm³/mol. The van der Waals surface area contributed by atoms with Crippen LogP contribution in [0.2, 0.25) is 5.02 Å². The van der Waals surface area contributed by atoms with Gasteiger partial charge in [0.25, 0.3) is 0 Å². The van der Waals surface area contributed by atoms with Gasteiger partial charge in [-0.25, -0.2) is 12.8 Å². The Morgan fingerprint density at radius 2 is 2.11 bits per heavy atom. The highest BCUT2D eigenvalue weighted by Crippen LogP contribution is 2.28. The van der Waals surface area contributed by atoms with E-state index in [9.17, 15) is 12.8 Å². The molecule has 2 atom stereocenters. The molecule has 2 rings (SSSR count). The lowest BCUT2D eigenvalue weighted by Crippen LogP contribution is -2.50. The maximum Gasteiger partial charge on any atom is 0.244 e. The summed E-state index contributed by atoms with van der Waals surface area (Å²) in [5.41, 5.74) is 0. The summed E-state index contributed by atoms with van der Waals surface area (Å²) in [7, 11) is -3.74. The monoisotopic (exact) mass is 307 g/mol. The van der Waals surface area contributed by atoms with E-state index in [0.717, 1.165) is 12.1 Å². The fourth-order valence-corrected chi connectivity index (χ4v) is 4.22. The van der Waals surface area contributed by atoms with E-state index in [4.69, 9.17) is 16.3 Å². The molecule has 0 N–H and O–H groups in total. The molecule has 0 spiro atoms. The van der Waals surface area contributed by atoms with Gasteiger partial charge in [-0.2, -0.15) is 4.31 Å². The summed E-state index contributed by atoms with van der Waals surface area (Å²) in [4.78, 5) is -0.0727. The highest BCUT2D eigenvalue weighted by atomic mass is 35.5. The van der Waals surface area contributed by atoms with Crippen LogP contribution in [-0.2, 0) is 14.8 Å². The summed E-state index contributed by atoms with van der Waals surface area (Å²) in [6, 6.07) is 3.01. The van der Waals surface area contributed by atoms with Crippen molar-refractivity contribution in [2.24, 2.45) is 0 Å². The normalized spacial score (nSPS) is 25.5. The van der Waals surface area contributed by atoms with Gasteiger partial charge in [-0.15, -0.1) is 0 Å². The van der Waals surface area contributed by atoms with Gasteiger partial charge in [0.05, 0.1) is 17.7 Å². The van der Waals surface area contributed by atoms with E-state index in [0.29, 0.717) is 6.61 Å². The molecule has 19 heavy (non-hydrogen) atoms. The first kappa shape index (κ1) is 14.7. The number of sulfonamides is 1. The molecule has 0 saturated carbocycles. The van der Waals surface area contributed by atoms with Gasteiger partial charge in [-0.05, 0) is 32.0 Å². The van der Waals surface area contributed by atoms with E-state index < -0.39 is 15.8 Å². The number of halogens is 2. The number of rotatable bonds is 2. The van der Waals surface area contributed by atoms with Crippen LogP contribution in [0, 0.1) is 5.82 Å². The van der Waals surface area contributed by atoms with E-state index in [1.165, 1.54) is 10.4 Å². The van der Waals surface area contributed by atoms with Crippen molar-refractivity contribution in [1.82, 2.24) is 4.31 Å². The van der Waals surface area contributed by atoms with Crippen molar-refractivity contribution in [1.29, 1.82) is 0 Å². The van der Waals surface area contributed by atoms with Crippen molar-refractivity contribution < 1.29 is 17.5 Å². The van der Waals surface area contributed by atoms with E-state index in [1.807, 2.05) is 0 Å². The molecule has 1 saturated heterocycles. The quantitative estimate of drug-likeness (QED) is 0.842. The van der Waals surface area contributed by atoms with Gasteiger partial charge in [-0.1, -0.05) is 11.6 Å². The van der Waals surface area contributed by atoms with Crippen LogP contribution >= 0.6 is 11.6 Å². The molecular weight excluding hydrogens is 293 g/mol. The van der Waals surface area contributed by atoms with E-state index in [2.05, 4.69) is 0 Å². The molecule has 1 aromatic rings. The van der Waals surface area contributed by atoms with Crippen molar-refractivity contribution in [3.8, 4) is 0 Å². The van der Waals surface area contributed by atoms with Gasteiger partial charge >= 0.3 is 0 Å². The Morgan fingerprint density at radius 3 is 2.74 bits per heavy atom. The summed E-state index contributed by atoms with van der Waals surface area (Å²) >= 11 is 5.84. The lowest BCUT2D eigenvalue weighted by atomic mass is 10.2. The molecule has 0 amide bonds. The zero-order valence-electron chi connectivity index (χ0n) is 10.6. The van der Waals surface area contributed by atoms with Crippen LogP contribution in [0.15, 0.2) is 23.1 Å². The van der Waals surface area contributed by atoms with Gasteiger partial charge in [0.1, 0.15) is 10.7 Å². The number of hydrogen-bond acceptors (Lipinski definition) is 3. The van der Waals surface area contributed by atoms with Crippen molar-refractivity contribution in [2.75, 3.05) is 13.2 Å². The van der Waals surface area contributed by atoms with Gasteiger partial charge in [0, 0.05) is 12.6 Å². The highest BCUT2D eigenvalue weighted by Gasteiger charge is 2.35. The SMILES string of the molecule is CC1CN(S(=O)(=O)c2ccc(F)cc2Cl)C(C)CO1. The minimum Gasteiger partial charge on any atom is -0.375 e. The molecule has 106 valence electrons. The zero-order chi connectivity index (χ0) is 14.2. The van der Waals surface area contributed by atoms with Crippen LogP contribution in [0.5, 0.6) is 0 Å². The van der Waals surface area contributed by atoms with Crippen molar-refractivity contribution in [2.45, 2.75) is 30.9 Å².